The average molecular weight is 200 g/mol. The molecule has 0 aromatic rings. The maximum absolute atomic E-state index is 8.62. The van der Waals surface area contributed by atoms with E-state index < -0.39 is 0 Å². The molecule has 0 amide bonds. The Morgan fingerprint density at radius 3 is 1.67 bits per heavy atom. The van der Waals surface area contributed by atoms with E-state index in [0.29, 0.717) is 3.92 Å². The molecular weight excluding hydrogens is 191 g/mol. The smallest absolute Gasteiger partial charge is 0.0626 e. The van der Waals surface area contributed by atoms with Gasteiger partial charge in [0.1, 0.15) is 0 Å². The standard InChI is InChI=1S/C4H9IO/c1-3(5)4(2)6/h3-4,6H,1-2H3/t3-,4-/m1/s1. The van der Waals surface area contributed by atoms with E-state index in [4.69, 9.17) is 5.11 Å². The van der Waals surface area contributed by atoms with Gasteiger partial charge in [0, 0.05) is 3.92 Å². The minimum absolute atomic E-state index is 0.161. The summed E-state index contributed by atoms with van der Waals surface area (Å²) >= 11 is 2.18. The fourth-order valence-corrected chi connectivity index (χ4v) is 0. The molecule has 0 aromatic carbocycles. The molecule has 0 aliphatic rings. The Balaban J connectivity index is 2.99. The number of aliphatic hydroxyl groups is 1. The van der Waals surface area contributed by atoms with Gasteiger partial charge in [-0.3, -0.25) is 0 Å². The van der Waals surface area contributed by atoms with Gasteiger partial charge < -0.3 is 5.11 Å². The summed E-state index contributed by atoms with van der Waals surface area (Å²) in [7, 11) is 0. The molecule has 38 valence electrons. The molecule has 0 spiro atoms. The number of rotatable bonds is 1. The maximum Gasteiger partial charge on any atom is 0.0626 e. The monoisotopic (exact) mass is 200 g/mol. The molecule has 2 atom stereocenters. The summed E-state index contributed by atoms with van der Waals surface area (Å²) in [5.41, 5.74) is 0. The second kappa shape index (κ2) is 2.80. The van der Waals surface area contributed by atoms with Gasteiger partial charge in [0.15, 0.2) is 0 Å². The normalized spacial score (nSPS) is 20.0. The molecule has 0 saturated heterocycles. The third kappa shape index (κ3) is 2.90. The highest BCUT2D eigenvalue weighted by Gasteiger charge is 1.99. The van der Waals surface area contributed by atoms with Gasteiger partial charge in [0.2, 0.25) is 0 Å². The molecule has 0 saturated carbocycles. The van der Waals surface area contributed by atoms with Crippen LogP contribution in [0, 0.1) is 0 Å². The molecule has 0 fully saturated rings. The van der Waals surface area contributed by atoms with Crippen molar-refractivity contribution in [1.82, 2.24) is 0 Å². The lowest BCUT2D eigenvalue weighted by molar-refractivity contribution is 0.201. The fraction of sp³-hybridized carbons (Fsp3) is 1.00. The first-order valence-corrected chi connectivity index (χ1v) is 3.21. The van der Waals surface area contributed by atoms with Crippen LogP contribution in [-0.2, 0) is 0 Å². The van der Waals surface area contributed by atoms with Crippen molar-refractivity contribution < 1.29 is 5.11 Å². The minimum atomic E-state index is -0.161. The Kier molecular flexibility index (Phi) is 3.12. The number of halogens is 1. The van der Waals surface area contributed by atoms with E-state index in [1.807, 2.05) is 6.92 Å². The van der Waals surface area contributed by atoms with E-state index in [1.54, 1.807) is 6.92 Å². The molecule has 0 aliphatic heterocycles. The molecule has 0 aromatic heterocycles. The van der Waals surface area contributed by atoms with Crippen LogP contribution in [0.25, 0.3) is 0 Å². The van der Waals surface area contributed by atoms with Gasteiger partial charge >= 0.3 is 0 Å². The average Bonchev–Trinajstić information content (AvgIpc) is 1.36. The van der Waals surface area contributed by atoms with E-state index in [0.717, 1.165) is 0 Å². The molecule has 6 heavy (non-hydrogen) atoms. The molecule has 0 radical (unpaired) electrons. The predicted octanol–water partition coefficient (Wildman–Crippen LogP) is 1.19. The summed E-state index contributed by atoms with van der Waals surface area (Å²) in [6.45, 7) is 3.77. The van der Waals surface area contributed by atoms with E-state index >= 15 is 0 Å². The summed E-state index contributed by atoms with van der Waals surface area (Å²) in [6.07, 6.45) is -0.161. The van der Waals surface area contributed by atoms with Crippen molar-refractivity contribution in [3.05, 3.63) is 0 Å². The van der Waals surface area contributed by atoms with Crippen molar-refractivity contribution in [2.75, 3.05) is 0 Å². The molecule has 0 rings (SSSR count). The first-order chi connectivity index (χ1) is 2.64. The largest absolute Gasteiger partial charge is 0.392 e. The summed E-state index contributed by atoms with van der Waals surface area (Å²) in [4.78, 5) is 0. The summed E-state index contributed by atoms with van der Waals surface area (Å²) in [6, 6.07) is 0. The Hall–Kier alpha value is 0.690. The molecule has 0 unspecified atom stereocenters. The third-order valence-electron chi connectivity index (χ3n) is 0.665. The van der Waals surface area contributed by atoms with Crippen LogP contribution in [0.1, 0.15) is 13.8 Å². The van der Waals surface area contributed by atoms with Gasteiger partial charge in [-0.2, -0.15) is 0 Å². The Morgan fingerprint density at radius 1 is 1.50 bits per heavy atom. The predicted molar refractivity (Wildman–Crippen MR) is 35.2 cm³/mol. The van der Waals surface area contributed by atoms with Crippen LogP contribution >= 0.6 is 22.6 Å². The van der Waals surface area contributed by atoms with Gasteiger partial charge in [-0.05, 0) is 6.92 Å². The molecule has 1 N–H and O–H groups in total. The first-order valence-electron chi connectivity index (χ1n) is 1.96. The van der Waals surface area contributed by atoms with Crippen LogP contribution in [0.5, 0.6) is 0 Å². The maximum atomic E-state index is 8.62. The van der Waals surface area contributed by atoms with Crippen LogP contribution in [0.3, 0.4) is 0 Å². The molecule has 0 aliphatic carbocycles. The van der Waals surface area contributed by atoms with Crippen LogP contribution in [0.4, 0.5) is 0 Å². The zero-order valence-corrected chi connectivity index (χ0v) is 6.14. The van der Waals surface area contributed by atoms with Gasteiger partial charge in [-0.15, -0.1) is 0 Å². The van der Waals surface area contributed by atoms with Crippen LogP contribution in [-0.4, -0.2) is 15.1 Å². The Morgan fingerprint density at radius 2 is 1.67 bits per heavy atom. The molecule has 2 heteroatoms. The summed E-state index contributed by atoms with van der Waals surface area (Å²) in [5.74, 6) is 0. The van der Waals surface area contributed by atoms with Crippen molar-refractivity contribution in [1.29, 1.82) is 0 Å². The highest BCUT2D eigenvalue weighted by Crippen LogP contribution is 2.02. The number of hydrogen-bond acceptors (Lipinski definition) is 1. The lowest BCUT2D eigenvalue weighted by Crippen LogP contribution is -2.10. The first kappa shape index (κ1) is 6.69. The molecular formula is C4H9IO. The van der Waals surface area contributed by atoms with Crippen molar-refractivity contribution in [2.45, 2.75) is 23.9 Å². The molecule has 1 nitrogen and oxygen atoms in total. The highest BCUT2D eigenvalue weighted by molar-refractivity contribution is 14.1. The minimum Gasteiger partial charge on any atom is -0.392 e. The molecule has 0 heterocycles. The van der Waals surface area contributed by atoms with Crippen LogP contribution < -0.4 is 0 Å². The lowest BCUT2D eigenvalue weighted by atomic mass is 10.3. The van der Waals surface area contributed by atoms with E-state index in [9.17, 15) is 0 Å². The number of aliphatic hydroxyl groups excluding tert-OH is 1. The topological polar surface area (TPSA) is 20.2 Å². The van der Waals surface area contributed by atoms with Crippen molar-refractivity contribution in [3.8, 4) is 0 Å². The van der Waals surface area contributed by atoms with Crippen molar-refractivity contribution >= 4 is 22.6 Å². The number of hydrogen-bond donors (Lipinski definition) is 1. The summed E-state index contributed by atoms with van der Waals surface area (Å²) < 4.78 is 0.377. The SMILES string of the molecule is C[C@@H](O)[C@@H](C)I. The van der Waals surface area contributed by atoms with Gasteiger partial charge in [-0.25, -0.2) is 0 Å². The van der Waals surface area contributed by atoms with Gasteiger partial charge in [-0.1, -0.05) is 29.5 Å². The Labute approximate surface area is 51.9 Å². The second-order valence-corrected chi connectivity index (χ2v) is 3.38. The summed E-state index contributed by atoms with van der Waals surface area (Å²) in [5, 5.41) is 8.62. The van der Waals surface area contributed by atoms with Crippen LogP contribution in [0.2, 0.25) is 0 Å². The van der Waals surface area contributed by atoms with E-state index in [1.165, 1.54) is 0 Å². The second-order valence-electron chi connectivity index (χ2n) is 1.42. The number of alkyl halides is 1. The van der Waals surface area contributed by atoms with E-state index in [-0.39, 0.29) is 6.10 Å². The van der Waals surface area contributed by atoms with Gasteiger partial charge in [0.05, 0.1) is 6.10 Å². The zero-order chi connectivity index (χ0) is 5.15. The fourth-order valence-electron chi connectivity index (χ4n) is 0. The van der Waals surface area contributed by atoms with Gasteiger partial charge in [0.25, 0.3) is 0 Å². The van der Waals surface area contributed by atoms with E-state index in [2.05, 4.69) is 22.6 Å². The molecule has 0 bridgehead atoms. The third-order valence-corrected chi connectivity index (χ3v) is 1.71. The zero-order valence-electron chi connectivity index (χ0n) is 3.98. The highest BCUT2D eigenvalue weighted by atomic mass is 127. The van der Waals surface area contributed by atoms with Crippen molar-refractivity contribution in [3.63, 3.8) is 0 Å². The van der Waals surface area contributed by atoms with Crippen LogP contribution in [0.15, 0.2) is 0 Å². The quantitative estimate of drug-likeness (QED) is 0.497. The Bertz CT molecular complexity index is 28.5. The lowest BCUT2D eigenvalue weighted by Gasteiger charge is -2.02. The van der Waals surface area contributed by atoms with Crippen molar-refractivity contribution in [2.24, 2.45) is 0 Å².